The van der Waals surface area contributed by atoms with Crippen LogP contribution < -0.4 is 10.6 Å². The van der Waals surface area contributed by atoms with E-state index in [4.69, 9.17) is 11.0 Å². The molecule has 1 aliphatic rings. The number of fused-ring (bicyclic) bond motifs is 1. The average molecular weight is 215 g/mol. The molecule has 0 spiro atoms. The fourth-order valence-corrected chi connectivity index (χ4v) is 1.96. The van der Waals surface area contributed by atoms with Crippen LogP contribution in [0.5, 0.6) is 0 Å². The van der Waals surface area contributed by atoms with Gasteiger partial charge in [-0.05, 0) is 12.5 Å². The van der Waals surface area contributed by atoms with E-state index in [-0.39, 0.29) is 5.91 Å². The monoisotopic (exact) mass is 215 g/mol. The lowest BCUT2D eigenvalue weighted by atomic mass is 10.1. The molecule has 2 N–H and O–H groups in total. The molecule has 1 aliphatic heterocycles. The Bertz CT molecular complexity index is 450. The molecule has 0 saturated carbocycles. The number of nitrogens with zero attached hydrogens (tertiary/aromatic N) is 2. The second-order valence-electron chi connectivity index (χ2n) is 3.79. The third-order valence-electron chi connectivity index (χ3n) is 2.76. The first kappa shape index (κ1) is 10.7. The third-order valence-corrected chi connectivity index (χ3v) is 2.76. The van der Waals surface area contributed by atoms with Crippen molar-refractivity contribution in [1.29, 1.82) is 5.26 Å². The van der Waals surface area contributed by atoms with E-state index in [1.54, 1.807) is 4.90 Å². The quantitative estimate of drug-likeness (QED) is 0.773. The van der Waals surface area contributed by atoms with Gasteiger partial charge in [0.1, 0.15) is 6.04 Å². The van der Waals surface area contributed by atoms with E-state index in [1.807, 2.05) is 24.3 Å². The summed E-state index contributed by atoms with van der Waals surface area (Å²) in [5.41, 5.74) is 7.59. The van der Waals surface area contributed by atoms with Crippen molar-refractivity contribution >= 4 is 11.6 Å². The molecule has 1 heterocycles. The van der Waals surface area contributed by atoms with Crippen molar-refractivity contribution in [3.05, 3.63) is 29.8 Å². The summed E-state index contributed by atoms with van der Waals surface area (Å²) in [6.45, 7) is 0.567. The van der Waals surface area contributed by atoms with Crippen LogP contribution in [0.15, 0.2) is 24.3 Å². The lowest BCUT2D eigenvalue weighted by Gasteiger charge is -2.16. The van der Waals surface area contributed by atoms with Gasteiger partial charge in [-0.25, -0.2) is 0 Å². The van der Waals surface area contributed by atoms with Crippen LogP contribution in [0.25, 0.3) is 0 Å². The van der Waals surface area contributed by atoms with Crippen molar-refractivity contribution in [3.63, 3.8) is 0 Å². The Morgan fingerprint density at radius 1 is 1.44 bits per heavy atom. The van der Waals surface area contributed by atoms with Crippen molar-refractivity contribution < 1.29 is 4.79 Å². The maximum Gasteiger partial charge on any atom is 0.248 e. The summed E-state index contributed by atoms with van der Waals surface area (Å²) in [5, 5.41) is 8.48. The number of carbonyl (C=O) groups excluding carboxylic acids is 1. The fraction of sp³-hybridized carbons (Fsp3) is 0.333. The van der Waals surface area contributed by atoms with E-state index in [0.29, 0.717) is 19.4 Å². The van der Waals surface area contributed by atoms with Crippen LogP contribution in [0, 0.1) is 11.3 Å². The Labute approximate surface area is 94.3 Å². The van der Waals surface area contributed by atoms with Crippen LogP contribution in [0.2, 0.25) is 0 Å². The van der Waals surface area contributed by atoms with Crippen molar-refractivity contribution in [3.8, 4) is 6.07 Å². The Hall–Kier alpha value is -1.86. The molecule has 2 rings (SSSR count). The number of anilines is 1. The molecule has 0 aromatic heterocycles. The summed E-state index contributed by atoms with van der Waals surface area (Å²) < 4.78 is 0. The fourth-order valence-electron chi connectivity index (χ4n) is 1.96. The van der Waals surface area contributed by atoms with E-state index in [0.717, 1.165) is 11.3 Å². The van der Waals surface area contributed by atoms with Crippen molar-refractivity contribution in [2.24, 2.45) is 5.73 Å². The number of para-hydroxylation sites is 1. The van der Waals surface area contributed by atoms with E-state index in [9.17, 15) is 4.79 Å². The largest absolute Gasteiger partial charge is 0.316 e. The molecular formula is C12H13N3O. The maximum atomic E-state index is 11.9. The van der Waals surface area contributed by atoms with Crippen molar-refractivity contribution in [2.75, 3.05) is 11.4 Å². The van der Waals surface area contributed by atoms with Crippen LogP contribution in [0.1, 0.15) is 24.4 Å². The van der Waals surface area contributed by atoms with Gasteiger partial charge in [0.25, 0.3) is 0 Å². The number of nitriles is 1. The number of benzene rings is 1. The van der Waals surface area contributed by atoms with E-state index < -0.39 is 6.04 Å². The normalized spacial score (nSPS) is 18.4. The van der Waals surface area contributed by atoms with Gasteiger partial charge in [-0.3, -0.25) is 4.79 Å². The van der Waals surface area contributed by atoms with Gasteiger partial charge in [-0.2, -0.15) is 5.26 Å². The zero-order chi connectivity index (χ0) is 11.5. The number of carbonyl (C=O) groups is 1. The van der Waals surface area contributed by atoms with Crippen LogP contribution in [-0.4, -0.2) is 12.5 Å². The standard InChI is InChI=1S/C12H13N3O/c13-7-3-4-8-15-10-6-2-1-5-9(10)11(14)12(15)16/h1-2,5-6,11H,3-4,8,14H2. The van der Waals surface area contributed by atoms with Gasteiger partial charge < -0.3 is 10.6 Å². The van der Waals surface area contributed by atoms with Gasteiger partial charge in [-0.15, -0.1) is 0 Å². The van der Waals surface area contributed by atoms with Crippen molar-refractivity contribution in [1.82, 2.24) is 0 Å². The second kappa shape index (κ2) is 4.33. The van der Waals surface area contributed by atoms with Gasteiger partial charge in [0.15, 0.2) is 0 Å². The van der Waals surface area contributed by atoms with E-state index >= 15 is 0 Å². The first-order chi connectivity index (χ1) is 7.75. The van der Waals surface area contributed by atoms with Gasteiger partial charge in [0.05, 0.1) is 6.07 Å². The highest BCUT2D eigenvalue weighted by molar-refractivity contribution is 6.04. The summed E-state index contributed by atoms with van der Waals surface area (Å²) in [7, 11) is 0. The highest BCUT2D eigenvalue weighted by Crippen LogP contribution is 2.34. The molecule has 0 radical (unpaired) electrons. The van der Waals surface area contributed by atoms with Gasteiger partial charge in [-0.1, -0.05) is 18.2 Å². The molecule has 1 aromatic rings. The highest BCUT2D eigenvalue weighted by Gasteiger charge is 2.33. The Balaban J connectivity index is 2.21. The molecular weight excluding hydrogens is 202 g/mol. The molecule has 0 aliphatic carbocycles. The number of amides is 1. The maximum absolute atomic E-state index is 11.9. The molecule has 0 saturated heterocycles. The second-order valence-corrected chi connectivity index (χ2v) is 3.79. The average Bonchev–Trinajstić information content (AvgIpc) is 2.55. The van der Waals surface area contributed by atoms with Crippen LogP contribution in [0.4, 0.5) is 5.69 Å². The smallest absolute Gasteiger partial charge is 0.248 e. The number of unbranched alkanes of at least 4 members (excludes halogenated alkanes) is 1. The molecule has 1 amide bonds. The van der Waals surface area contributed by atoms with Crippen LogP contribution >= 0.6 is 0 Å². The Morgan fingerprint density at radius 2 is 2.19 bits per heavy atom. The van der Waals surface area contributed by atoms with E-state index in [2.05, 4.69) is 6.07 Å². The molecule has 1 atom stereocenters. The van der Waals surface area contributed by atoms with Gasteiger partial charge in [0.2, 0.25) is 5.91 Å². The Kier molecular flexibility index (Phi) is 2.88. The molecule has 82 valence electrons. The zero-order valence-electron chi connectivity index (χ0n) is 8.89. The Morgan fingerprint density at radius 3 is 2.94 bits per heavy atom. The SMILES string of the molecule is N#CCCCN1C(=O)C(N)c2ccccc21. The minimum Gasteiger partial charge on any atom is -0.316 e. The minimum absolute atomic E-state index is 0.0702. The molecule has 0 fully saturated rings. The summed E-state index contributed by atoms with van der Waals surface area (Å²) in [5.74, 6) is -0.0702. The first-order valence-corrected chi connectivity index (χ1v) is 5.28. The number of hydrogen-bond acceptors (Lipinski definition) is 3. The van der Waals surface area contributed by atoms with Crippen molar-refractivity contribution in [2.45, 2.75) is 18.9 Å². The summed E-state index contributed by atoms with van der Waals surface area (Å²) >= 11 is 0. The third kappa shape index (κ3) is 1.66. The lowest BCUT2D eigenvalue weighted by molar-refractivity contribution is -0.119. The minimum atomic E-state index is -0.543. The predicted molar refractivity (Wildman–Crippen MR) is 60.6 cm³/mol. The summed E-state index contributed by atoms with van der Waals surface area (Å²) in [6, 6.07) is 9.07. The van der Waals surface area contributed by atoms with Crippen LogP contribution in [-0.2, 0) is 4.79 Å². The summed E-state index contributed by atoms with van der Waals surface area (Å²) in [4.78, 5) is 13.6. The molecule has 0 bridgehead atoms. The zero-order valence-corrected chi connectivity index (χ0v) is 8.89. The van der Waals surface area contributed by atoms with Gasteiger partial charge in [0, 0.05) is 24.2 Å². The van der Waals surface area contributed by atoms with Gasteiger partial charge >= 0.3 is 0 Å². The summed E-state index contributed by atoms with van der Waals surface area (Å²) in [6.07, 6.45) is 1.14. The lowest BCUT2D eigenvalue weighted by Crippen LogP contribution is -2.32. The topological polar surface area (TPSA) is 70.1 Å². The molecule has 4 heteroatoms. The predicted octanol–water partition coefficient (Wildman–Crippen LogP) is 1.34. The highest BCUT2D eigenvalue weighted by atomic mass is 16.2. The molecule has 1 aromatic carbocycles. The van der Waals surface area contributed by atoms with Crippen LogP contribution in [0.3, 0.4) is 0 Å². The number of rotatable bonds is 3. The number of nitrogens with two attached hydrogens (primary N) is 1. The molecule has 1 unspecified atom stereocenters. The molecule has 16 heavy (non-hydrogen) atoms. The number of hydrogen-bond donors (Lipinski definition) is 1. The molecule has 4 nitrogen and oxygen atoms in total. The first-order valence-electron chi connectivity index (χ1n) is 5.28. The van der Waals surface area contributed by atoms with E-state index in [1.165, 1.54) is 0 Å².